The van der Waals surface area contributed by atoms with Crippen molar-refractivity contribution in [1.82, 2.24) is 5.32 Å². The first kappa shape index (κ1) is 36.6. The highest BCUT2D eigenvalue weighted by molar-refractivity contribution is 5.70. The molecule has 0 bridgehead atoms. The molecule has 0 aliphatic heterocycles. The van der Waals surface area contributed by atoms with Gasteiger partial charge in [-0.25, -0.2) is 0 Å². The van der Waals surface area contributed by atoms with E-state index in [1.54, 1.807) is 0 Å². The topological polar surface area (TPSA) is 64.6 Å². The standard InChI is InChI=1S/C36H59NO4/c1-3-5-7-9-11-16-20-29-40-35(38)25-18-14-13-15-19-28-37-32-34-24-22-23-33(31-34)26-27-36(39)41-30-21-17-12-10-8-6-4-2/h16-17,20-24,31,37H,3-15,18-19,25-30,32H2,1-2H3/b20-16-,21-17-. The van der Waals surface area contributed by atoms with Gasteiger partial charge in [0.15, 0.2) is 0 Å². The highest BCUT2D eigenvalue weighted by atomic mass is 16.5. The average Bonchev–Trinajstić information content (AvgIpc) is 2.98. The van der Waals surface area contributed by atoms with Crippen LogP contribution in [-0.2, 0) is 32.0 Å². The van der Waals surface area contributed by atoms with Crippen molar-refractivity contribution in [3.05, 3.63) is 59.7 Å². The summed E-state index contributed by atoms with van der Waals surface area (Å²) in [5.74, 6) is -0.219. The fraction of sp³-hybridized carbons (Fsp3) is 0.667. The lowest BCUT2D eigenvalue weighted by atomic mass is 10.1. The van der Waals surface area contributed by atoms with Gasteiger partial charge in [-0.15, -0.1) is 0 Å². The van der Waals surface area contributed by atoms with E-state index < -0.39 is 0 Å². The van der Waals surface area contributed by atoms with Gasteiger partial charge in [0.05, 0.1) is 0 Å². The second-order valence-electron chi connectivity index (χ2n) is 11.0. The summed E-state index contributed by atoms with van der Waals surface area (Å²) in [6.45, 7) is 7.03. The summed E-state index contributed by atoms with van der Waals surface area (Å²) in [6, 6.07) is 8.45. The average molecular weight is 570 g/mol. The highest BCUT2D eigenvalue weighted by Gasteiger charge is 2.04. The Morgan fingerprint density at radius 3 is 1.88 bits per heavy atom. The molecule has 0 aromatic heterocycles. The minimum absolute atomic E-state index is 0.0814. The van der Waals surface area contributed by atoms with Crippen LogP contribution in [0.1, 0.15) is 134 Å². The summed E-state index contributed by atoms with van der Waals surface area (Å²) in [7, 11) is 0. The van der Waals surface area contributed by atoms with Crippen molar-refractivity contribution < 1.29 is 19.1 Å². The van der Waals surface area contributed by atoms with Crippen molar-refractivity contribution in [2.45, 2.75) is 136 Å². The number of unbranched alkanes of at least 4 members (excludes halogenated alkanes) is 12. The lowest BCUT2D eigenvalue weighted by molar-refractivity contribution is -0.143. The van der Waals surface area contributed by atoms with Crippen LogP contribution in [-0.4, -0.2) is 31.7 Å². The third-order valence-electron chi connectivity index (χ3n) is 7.14. The first-order valence-electron chi connectivity index (χ1n) is 16.6. The summed E-state index contributed by atoms with van der Waals surface area (Å²) in [6.07, 6.45) is 27.5. The second-order valence-corrected chi connectivity index (χ2v) is 11.0. The van der Waals surface area contributed by atoms with E-state index in [0.717, 1.165) is 51.6 Å². The molecule has 1 N–H and O–H groups in total. The van der Waals surface area contributed by atoms with Crippen LogP contribution in [0.5, 0.6) is 0 Å². The summed E-state index contributed by atoms with van der Waals surface area (Å²) < 4.78 is 10.6. The third-order valence-corrected chi connectivity index (χ3v) is 7.14. The quantitative estimate of drug-likeness (QED) is 0.0650. The van der Waals surface area contributed by atoms with E-state index in [9.17, 15) is 9.59 Å². The van der Waals surface area contributed by atoms with Crippen LogP contribution in [0.2, 0.25) is 0 Å². The number of esters is 2. The van der Waals surface area contributed by atoms with E-state index in [2.05, 4.69) is 55.6 Å². The Bertz CT molecular complexity index is 833. The van der Waals surface area contributed by atoms with E-state index >= 15 is 0 Å². The molecule has 0 saturated heterocycles. The van der Waals surface area contributed by atoms with Crippen LogP contribution in [0, 0.1) is 0 Å². The zero-order valence-electron chi connectivity index (χ0n) is 26.3. The molecule has 232 valence electrons. The molecule has 1 rings (SSSR count). The molecule has 0 heterocycles. The fourth-order valence-corrected chi connectivity index (χ4v) is 4.60. The van der Waals surface area contributed by atoms with Gasteiger partial charge in [0.2, 0.25) is 0 Å². The van der Waals surface area contributed by atoms with Crippen molar-refractivity contribution in [2.24, 2.45) is 0 Å². The van der Waals surface area contributed by atoms with Gasteiger partial charge in [-0.05, 0) is 62.6 Å². The maximum atomic E-state index is 12.1. The molecule has 0 atom stereocenters. The van der Waals surface area contributed by atoms with Crippen molar-refractivity contribution in [1.29, 1.82) is 0 Å². The minimum atomic E-state index is -0.137. The van der Waals surface area contributed by atoms with Crippen molar-refractivity contribution in [2.75, 3.05) is 19.8 Å². The lowest BCUT2D eigenvalue weighted by Crippen LogP contribution is -2.14. The Morgan fingerprint density at radius 1 is 0.659 bits per heavy atom. The van der Waals surface area contributed by atoms with E-state index in [-0.39, 0.29) is 11.9 Å². The Balaban J connectivity index is 2.00. The highest BCUT2D eigenvalue weighted by Crippen LogP contribution is 2.10. The molecule has 5 heteroatoms. The number of carbonyl (C=O) groups is 2. The maximum absolute atomic E-state index is 12.1. The number of aryl methyl sites for hydroxylation is 1. The molecule has 0 unspecified atom stereocenters. The van der Waals surface area contributed by atoms with Gasteiger partial charge in [0.1, 0.15) is 13.2 Å². The smallest absolute Gasteiger partial charge is 0.306 e. The zero-order valence-corrected chi connectivity index (χ0v) is 26.3. The molecule has 0 amide bonds. The maximum Gasteiger partial charge on any atom is 0.306 e. The van der Waals surface area contributed by atoms with Gasteiger partial charge in [-0.1, -0.05) is 120 Å². The first-order chi connectivity index (χ1) is 20.2. The molecule has 5 nitrogen and oxygen atoms in total. The second kappa shape index (κ2) is 27.8. The minimum Gasteiger partial charge on any atom is -0.461 e. The third kappa shape index (κ3) is 24.0. The summed E-state index contributed by atoms with van der Waals surface area (Å²) in [5.41, 5.74) is 2.41. The number of hydrogen-bond donors (Lipinski definition) is 1. The molecular weight excluding hydrogens is 510 g/mol. The van der Waals surface area contributed by atoms with E-state index in [0.29, 0.717) is 32.5 Å². The molecule has 0 aliphatic rings. The Labute approximate surface area is 251 Å². The molecular formula is C36H59NO4. The SMILES string of the molecule is CCCCCC/C=C\COC(=O)CCCCCCCNCc1cccc(CCC(=O)OC/C=C\CCCCCC)c1. The monoisotopic (exact) mass is 569 g/mol. The molecule has 1 aromatic carbocycles. The van der Waals surface area contributed by atoms with Gasteiger partial charge >= 0.3 is 11.9 Å². The van der Waals surface area contributed by atoms with E-state index in [1.807, 2.05) is 12.2 Å². The summed E-state index contributed by atoms with van der Waals surface area (Å²) in [4.78, 5) is 23.9. The molecule has 0 spiro atoms. The van der Waals surface area contributed by atoms with Gasteiger partial charge in [-0.3, -0.25) is 9.59 Å². The van der Waals surface area contributed by atoms with Gasteiger partial charge < -0.3 is 14.8 Å². The number of benzene rings is 1. The Morgan fingerprint density at radius 2 is 1.22 bits per heavy atom. The predicted molar refractivity (Wildman–Crippen MR) is 172 cm³/mol. The van der Waals surface area contributed by atoms with Crippen LogP contribution in [0.15, 0.2) is 48.6 Å². The first-order valence-corrected chi connectivity index (χ1v) is 16.6. The van der Waals surface area contributed by atoms with Gasteiger partial charge in [0, 0.05) is 19.4 Å². The van der Waals surface area contributed by atoms with Crippen molar-refractivity contribution >= 4 is 11.9 Å². The lowest BCUT2D eigenvalue weighted by Gasteiger charge is -2.08. The summed E-state index contributed by atoms with van der Waals surface area (Å²) >= 11 is 0. The molecule has 0 fully saturated rings. The fourth-order valence-electron chi connectivity index (χ4n) is 4.60. The Kier molecular flexibility index (Phi) is 24.8. The Hall–Kier alpha value is -2.40. The van der Waals surface area contributed by atoms with Crippen LogP contribution >= 0.6 is 0 Å². The normalized spacial score (nSPS) is 11.5. The van der Waals surface area contributed by atoms with Crippen molar-refractivity contribution in [3.8, 4) is 0 Å². The molecule has 41 heavy (non-hydrogen) atoms. The number of ether oxygens (including phenoxy) is 2. The molecule has 0 saturated carbocycles. The van der Waals surface area contributed by atoms with Gasteiger partial charge in [0.25, 0.3) is 0 Å². The van der Waals surface area contributed by atoms with Gasteiger partial charge in [-0.2, -0.15) is 0 Å². The largest absolute Gasteiger partial charge is 0.461 e. The van der Waals surface area contributed by atoms with E-state index in [1.165, 1.54) is 68.9 Å². The number of hydrogen-bond acceptors (Lipinski definition) is 5. The summed E-state index contributed by atoms with van der Waals surface area (Å²) in [5, 5.41) is 3.53. The van der Waals surface area contributed by atoms with Crippen LogP contribution < -0.4 is 5.32 Å². The molecule has 0 aliphatic carbocycles. The zero-order chi connectivity index (χ0) is 29.6. The molecule has 1 aromatic rings. The predicted octanol–water partition coefficient (Wildman–Crippen LogP) is 9.19. The van der Waals surface area contributed by atoms with Crippen LogP contribution in [0.4, 0.5) is 0 Å². The van der Waals surface area contributed by atoms with Crippen LogP contribution in [0.25, 0.3) is 0 Å². The number of rotatable bonds is 27. The number of nitrogens with one attached hydrogen (secondary N) is 1. The number of carbonyl (C=O) groups excluding carboxylic acids is 2. The van der Waals surface area contributed by atoms with Crippen molar-refractivity contribution in [3.63, 3.8) is 0 Å². The molecule has 0 radical (unpaired) electrons. The van der Waals surface area contributed by atoms with Crippen LogP contribution in [0.3, 0.4) is 0 Å². The van der Waals surface area contributed by atoms with E-state index in [4.69, 9.17) is 9.47 Å². The number of allylic oxidation sites excluding steroid dienone is 2.